The number of likely N-dealkylation sites (tertiary alicyclic amines) is 2. The van der Waals surface area contributed by atoms with Crippen LogP contribution >= 0.6 is 0 Å². The number of carbonyl (C=O) groups excluding carboxylic acids is 2. The Labute approximate surface area is 248 Å². The first kappa shape index (κ1) is 31.4. The highest BCUT2D eigenvalue weighted by atomic mass is 19.4. The van der Waals surface area contributed by atoms with E-state index < -0.39 is 30.3 Å². The zero-order valence-electron chi connectivity index (χ0n) is 24.0. The summed E-state index contributed by atoms with van der Waals surface area (Å²) >= 11 is 0. The molecule has 2 amide bonds. The van der Waals surface area contributed by atoms with Crippen LogP contribution in [0, 0.1) is 5.92 Å². The average Bonchev–Trinajstić information content (AvgIpc) is 3.67. The third-order valence-corrected chi connectivity index (χ3v) is 8.76. The molecule has 0 aliphatic carbocycles. The second kappa shape index (κ2) is 13.3. The average molecular weight is 606 g/mol. The fourth-order valence-corrected chi connectivity index (χ4v) is 6.30. The van der Waals surface area contributed by atoms with Crippen molar-refractivity contribution >= 4 is 17.5 Å². The molecule has 0 bridgehead atoms. The number of rotatable bonds is 8. The first-order chi connectivity index (χ1) is 20.6. The Morgan fingerprint density at radius 1 is 0.953 bits per heavy atom. The van der Waals surface area contributed by atoms with Crippen LogP contribution in [0.15, 0.2) is 48.5 Å². The van der Waals surface area contributed by atoms with E-state index in [1.165, 1.54) is 0 Å². The van der Waals surface area contributed by atoms with E-state index in [4.69, 9.17) is 9.47 Å². The maximum atomic E-state index is 13.0. The van der Waals surface area contributed by atoms with Crippen molar-refractivity contribution in [1.29, 1.82) is 0 Å². The van der Waals surface area contributed by atoms with Crippen molar-refractivity contribution < 1.29 is 42.4 Å². The van der Waals surface area contributed by atoms with Gasteiger partial charge in [-0.1, -0.05) is 43.3 Å². The zero-order chi connectivity index (χ0) is 30.7. The first-order valence-corrected chi connectivity index (χ1v) is 14.7. The molecule has 3 fully saturated rings. The number of halogens is 3. The molecule has 0 radical (unpaired) electrons. The van der Waals surface area contributed by atoms with Crippen LogP contribution in [0.3, 0.4) is 0 Å². The molecule has 5 rings (SSSR count). The van der Waals surface area contributed by atoms with Crippen molar-refractivity contribution in [2.24, 2.45) is 5.92 Å². The van der Waals surface area contributed by atoms with E-state index in [2.05, 4.69) is 17.1 Å². The summed E-state index contributed by atoms with van der Waals surface area (Å²) in [6.45, 7) is 3.48. The van der Waals surface area contributed by atoms with E-state index in [0.717, 1.165) is 30.5 Å². The van der Waals surface area contributed by atoms with Gasteiger partial charge in [-0.25, -0.2) is 0 Å². The van der Waals surface area contributed by atoms with Crippen LogP contribution in [-0.2, 0) is 25.7 Å². The quantitative estimate of drug-likeness (QED) is 0.419. The van der Waals surface area contributed by atoms with Crippen molar-refractivity contribution in [3.8, 4) is 0 Å². The summed E-state index contributed by atoms with van der Waals surface area (Å²) in [6.07, 6.45) is -3.89. The minimum absolute atomic E-state index is 0.0245. The van der Waals surface area contributed by atoms with Crippen LogP contribution in [-0.4, -0.2) is 82.4 Å². The SMILES string of the molecule is C[C@@H]1[C@H](CN2CCC[C@H]2CO)O[C@H](c2ccc(NC(=O)[C@@H]3CCCN3C(=O)C(F)(F)F)cc2)O[C@@H]1c1ccc(CO)cc1. The number of alkyl halides is 3. The lowest BCUT2D eigenvalue weighted by Crippen LogP contribution is -2.48. The lowest BCUT2D eigenvalue weighted by Gasteiger charge is -2.43. The number of nitrogens with zero attached hydrogens (tertiary/aromatic N) is 2. The van der Waals surface area contributed by atoms with Gasteiger partial charge in [-0.2, -0.15) is 13.2 Å². The third-order valence-electron chi connectivity index (χ3n) is 8.76. The van der Waals surface area contributed by atoms with Gasteiger partial charge in [-0.15, -0.1) is 0 Å². The summed E-state index contributed by atoms with van der Waals surface area (Å²) < 4.78 is 51.9. The summed E-state index contributed by atoms with van der Waals surface area (Å²) in [4.78, 5) is 27.4. The smallest absolute Gasteiger partial charge is 0.395 e. The highest BCUT2D eigenvalue weighted by Gasteiger charge is 2.47. The molecule has 43 heavy (non-hydrogen) atoms. The lowest BCUT2D eigenvalue weighted by molar-refractivity contribution is -0.276. The molecular weight excluding hydrogens is 567 g/mol. The number of aliphatic hydroxyl groups is 2. The standard InChI is InChI=1S/C31H38F3N3O6/c1-19-26(16-36-14-2-4-24(36)18-39)42-29(43-27(19)21-8-6-20(17-38)7-9-21)22-10-12-23(13-11-22)35-28(40)25-5-3-15-37(25)30(41)31(32,33)34/h6-13,19,24-27,29,38-39H,2-5,14-18H2,1H3,(H,35,40)/t19-,24+,25+,26+,27+,29+/m1/s1. The molecule has 3 saturated heterocycles. The molecule has 3 N–H and O–H groups in total. The van der Waals surface area contributed by atoms with Crippen LogP contribution < -0.4 is 5.32 Å². The Bertz CT molecular complexity index is 1260. The monoisotopic (exact) mass is 605 g/mol. The number of anilines is 1. The maximum absolute atomic E-state index is 13.0. The maximum Gasteiger partial charge on any atom is 0.471 e. The molecule has 12 heteroatoms. The molecule has 0 spiro atoms. The van der Waals surface area contributed by atoms with E-state index in [1.54, 1.807) is 24.3 Å². The Hall–Kier alpha value is -3.03. The molecule has 2 aromatic carbocycles. The number of carbonyl (C=O) groups is 2. The minimum Gasteiger partial charge on any atom is -0.395 e. The summed E-state index contributed by atoms with van der Waals surface area (Å²) in [6, 6.07) is 13.2. The van der Waals surface area contributed by atoms with Gasteiger partial charge in [-0.05, 0) is 55.5 Å². The van der Waals surface area contributed by atoms with Crippen molar-refractivity contribution in [2.75, 3.05) is 31.6 Å². The van der Waals surface area contributed by atoms with Gasteiger partial charge in [0.2, 0.25) is 5.91 Å². The highest BCUT2D eigenvalue weighted by molar-refractivity contribution is 5.98. The number of hydrogen-bond acceptors (Lipinski definition) is 7. The predicted octanol–water partition coefficient (Wildman–Crippen LogP) is 3.92. The number of nitrogens with one attached hydrogen (secondary N) is 1. The lowest BCUT2D eigenvalue weighted by atomic mass is 9.90. The number of amides is 2. The van der Waals surface area contributed by atoms with Gasteiger partial charge in [0.1, 0.15) is 6.04 Å². The number of ether oxygens (including phenoxy) is 2. The molecule has 3 aliphatic rings. The molecule has 9 nitrogen and oxygen atoms in total. The number of aliphatic hydroxyl groups excluding tert-OH is 2. The van der Waals surface area contributed by atoms with Gasteiger partial charge in [0.05, 0.1) is 25.4 Å². The number of benzene rings is 2. The van der Waals surface area contributed by atoms with Crippen LogP contribution in [0.4, 0.5) is 18.9 Å². The summed E-state index contributed by atoms with van der Waals surface area (Å²) in [7, 11) is 0. The predicted molar refractivity (Wildman–Crippen MR) is 151 cm³/mol. The first-order valence-electron chi connectivity index (χ1n) is 14.7. The second-order valence-electron chi connectivity index (χ2n) is 11.6. The Balaban J connectivity index is 1.31. The van der Waals surface area contributed by atoms with Gasteiger partial charge in [0.25, 0.3) is 0 Å². The number of hydrogen-bond donors (Lipinski definition) is 3. The van der Waals surface area contributed by atoms with Crippen molar-refractivity contribution in [3.63, 3.8) is 0 Å². The fraction of sp³-hybridized carbons (Fsp3) is 0.548. The second-order valence-corrected chi connectivity index (χ2v) is 11.6. The van der Waals surface area contributed by atoms with E-state index in [9.17, 15) is 33.0 Å². The Morgan fingerprint density at radius 3 is 2.28 bits per heavy atom. The van der Waals surface area contributed by atoms with Gasteiger partial charge >= 0.3 is 12.1 Å². The molecule has 6 atom stereocenters. The van der Waals surface area contributed by atoms with Gasteiger partial charge in [0, 0.05) is 36.3 Å². The Morgan fingerprint density at radius 2 is 1.63 bits per heavy atom. The molecule has 0 unspecified atom stereocenters. The normalized spacial score (nSPS) is 28.3. The molecular formula is C31H38F3N3O6. The summed E-state index contributed by atoms with van der Waals surface area (Å²) in [5.74, 6) is -2.70. The summed E-state index contributed by atoms with van der Waals surface area (Å²) in [5.41, 5.74) is 2.81. The van der Waals surface area contributed by atoms with Crippen molar-refractivity contribution in [2.45, 2.75) is 76.0 Å². The molecule has 3 heterocycles. The van der Waals surface area contributed by atoms with Gasteiger partial charge < -0.3 is 29.9 Å². The molecule has 2 aromatic rings. The van der Waals surface area contributed by atoms with E-state index in [1.807, 2.05) is 24.3 Å². The Kier molecular flexibility index (Phi) is 9.72. The van der Waals surface area contributed by atoms with E-state index in [-0.39, 0.29) is 50.3 Å². The van der Waals surface area contributed by atoms with Gasteiger partial charge in [-0.3, -0.25) is 14.5 Å². The minimum atomic E-state index is -5.04. The highest BCUT2D eigenvalue weighted by Crippen LogP contribution is 2.42. The zero-order valence-corrected chi connectivity index (χ0v) is 24.0. The molecule has 3 aliphatic heterocycles. The van der Waals surface area contributed by atoms with Crippen molar-refractivity contribution in [3.05, 3.63) is 65.2 Å². The van der Waals surface area contributed by atoms with E-state index in [0.29, 0.717) is 29.1 Å². The van der Waals surface area contributed by atoms with Crippen LogP contribution in [0.2, 0.25) is 0 Å². The van der Waals surface area contributed by atoms with Crippen molar-refractivity contribution in [1.82, 2.24) is 9.80 Å². The molecule has 0 aromatic heterocycles. The van der Waals surface area contributed by atoms with Gasteiger partial charge in [0.15, 0.2) is 6.29 Å². The fourth-order valence-electron chi connectivity index (χ4n) is 6.30. The molecule has 0 saturated carbocycles. The third kappa shape index (κ3) is 7.04. The largest absolute Gasteiger partial charge is 0.471 e. The topological polar surface area (TPSA) is 112 Å². The molecule has 234 valence electrons. The van der Waals surface area contributed by atoms with E-state index >= 15 is 0 Å². The summed E-state index contributed by atoms with van der Waals surface area (Å²) in [5, 5.41) is 22.0. The van der Waals surface area contributed by atoms with Crippen LogP contribution in [0.25, 0.3) is 0 Å². The van der Waals surface area contributed by atoms with Crippen LogP contribution in [0.1, 0.15) is 61.7 Å². The van der Waals surface area contributed by atoms with Crippen LogP contribution in [0.5, 0.6) is 0 Å².